The van der Waals surface area contributed by atoms with Crippen LogP contribution in [0.1, 0.15) is 30.0 Å². The number of hydrogen-bond acceptors (Lipinski definition) is 5. The van der Waals surface area contributed by atoms with Crippen molar-refractivity contribution in [1.82, 2.24) is 10.3 Å². The molecule has 1 aromatic heterocycles. The van der Waals surface area contributed by atoms with Gasteiger partial charge in [0.25, 0.3) is 5.91 Å². The number of aromatic nitrogens is 1. The van der Waals surface area contributed by atoms with Crippen LogP contribution in [0, 0.1) is 12.8 Å². The van der Waals surface area contributed by atoms with Crippen LogP contribution in [0.25, 0.3) is 0 Å². The molecule has 2 heterocycles. The fourth-order valence-electron chi connectivity index (χ4n) is 3.60. The smallest absolute Gasteiger partial charge is 0.308 e. The first kappa shape index (κ1) is 21.7. The summed E-state index contributed by atoms with van der Waals surface area (Å²) in [5.41, 5.74) is 3.85. The Morgan fingerprint density at radius 1 is 1.19 bits per heavy atom. The van der Waals surface area contributed by atoms with E-state index < -0.39 is 12.2 Å². The molecule has 0 bridgehead atoms. The molecule has 0 saturated carbocycles. The third-order valence-corrected chi connectivity index (χ3v) is 5.71. The minimum absolute atomic E-state index is 0.232. The van der Waals surface area contributed by atoms with Gasteiger partial charge in [-0.05, 0) is 36.6 Å². The number of aliphatic imine (C=N–C) groups is 1. The van der Waals surface area contributed by atoms with Crippen molar-refractivity contribution in [2.24, 2.45) is 10.9 Å². The zero-order valence-electron chi connectivity index (χ0n) is 18.2. The van der Waals surface area contributed by atoms with Crippen LogP contribution in [0.2, 0.25) is 0 Å². The van der Waals surface area contributed by atoms with Crippen LogP contribution in [0.4, 0.5) is 16.2 Å². The Morgan fingerprint density at radius 3 is 2.72 bits per heavy atom. The summed E-state index contributed by atoms with van der Waals surface area (Å²) in [5.74, 6) is -0.0488. The standard InChI is InChI=1S/C24H25N5O2S/c1-15(2)14-29-19-10-5-4-9-18(19)20(22-25-11-12-32-22)27-21(23(29)30)28-24(31)26-17-8-6-7-16(3)13-17/h4-13,15,21H,14H2,1-3H3,(H2,26,28,31). The highest BCUT2D eigenvalue weighted by molar-refractivity contribution is 7.12. The van der Waals surface area contributed by atoms with Crippen LogP contribution >= 0.6 is 11.3 Å². The van der Waals surface area contributed by atoms with E-state index in [4.69, 9.17) is 4.99 Å². The molecular formula is C24H25N5O2S. The maximum Gasteiger partial charge on any atom is 0.321 e. The van der Waals surface area contributed by atoms with Gasteiger partial charge >= 0.3 is 6.03 Å². The SMILES string of the molecule is Cc1cccc(NC(=O)NC2N=C(c3nccs3)c3ccccc3N(CC(C)C)C2=O)c1. The Bertz CT molecular complexity index is 1160. The maximum absolute atomic E-state index is 13.6. The van der Waals surface area contributed by atoms with Gasteiger partial charge in [0, 0.05) is 29.4 Å². The molecule has 7 nitrogen and oxygen atoms in total. The normalized spacial score (nSPS) is 15.8. The minimum Gasteiger partial charge on any atom is -0.308 e. The number of nitrogens with one attached hydrogen (secondary N) is 2. The molecule has 1 aliphatic heterocycles. The van der Waals surface area contributed by atoms with Crippen LogP contribution in [-0.2, 0) is 4.79 Å². The molecule has 1 atom stereocenters. The minimum atomic E-state index is -1.08. The zero-order valence-corrected chi connectivity index (χ0v) is 19.0. The monoisotopic (exact) mass is 447 g/mol. The van der Waals surface area contributed by atoms with Crippen molar-refractivity contribution in [3.8, 4) is 0 Å². The van der Waals surface area contributed by atoms with E-state index in [1.54, 1.807) is 17.2 Å². The Labute approximate surface area is 191 Å². The fraction of sp³-hybridized carbons (Fsp3) is 0.250. The number of para-hydroxylation sites is 1. The van der Waals surface area contributed by atoms with Crippen LogP contribution in [0.15, 0.2) is 65.1 Å². The summed E-state index contributed by atoms with van der Waals surface area (Å²) in [5, 5.41) is 8.11. The van der Waals surface area contributed by atoms with Crippen molar-refractivity contribution in [2.45, 2.75) is 26.9 Å². The van der Waals surface area contributed by atoms with E-state index in [2.05, 4.69) is 29.5 Å². The van der Waals surface area contributed by atoms with Crippen molar-refractivity contribution in [2.75, 3.05) is 16.8 Å². The van der Waals surface area contributed by atoms with Crippen LogP contribution < -0.4 is 15.5 Å². The second kappa shape index (κ2) is 9.32. The summed E-state index contributed by atoms with van der Waals surface area (Å²) in [6.45, 7) is 6.56. The quantitative estimate of drug-likeness (QED) is 0.606. The molecule has 3 aromatic rings. The zero-order chi connectivity index (χ0) is 22.7. The number of urea groups is 1. The van der Waals surface area contributed by atoms with E-state index in [-0.39, 0.29) is 11.8 Å². The highest BCUT2D eigenvalue weighted by atomic mass is 32.1. The topological polar surface area (TPSA) is 86.7 Å². The molecule has 0 aliphatic carbocycles. The van der Waals surface area contributed by atoms with E-state index >= 15 is 0 Å². The molecule has 0 saturated heterocycles. The van der Waals surface area contributed by atoms with Gasteiger partial charge < -0.3 is 15.5 Å². The van der Waals surface area contributed by atoms with Crippen molar-refractivity contribution in [3.63, 3.8) is 0 Å². The first-order valence-corrected chi connectivity index (χ1v) is 11.3. The largest absolute Gasteiger partial charge is 0.321 e. The van der Waals surface area contributed by atoms with E-state index in [1.165, 1.54) is 11.3 Å². The second-order valence-corrected chi connectivity index (χ2v) is 8.94. The molecule has 3 amide bonds. The maximum atomic E-state index is 13.6. The van der Waals surface area contributed by atoms with Crippen molar-refractivity contribution >= 4 is 40.4 Å². The van der Waals surface area contributed by atoms with E-state index in [9.17, 15) is 9.59 Å². The fourth-order valence-corrected chi connectivity index (χ4v) is 4.25. The van der Waals surface area contributed by atoms with Crippen LogP contribution in [0.3, 0.4) is 0 Å². The second-order valence-electron chi connectivity index (χ2n) is 8.05. The summed E-state index contributed by atoms with van der Waals surface area (Å²) in [6.07, 6.45) is 0.626. The van der Waals surface area contributed by atoms with Gasteiger partial charge in [-0.1, -0.05) is 44.2 Å². The number of hydrogen-bond donors (Lipinski definition) is 2. The molecule has 0 radical (unpaired) electrons. The van der Waals surface area contributed by atoms with Gasteiger partial charge in [0.15, 0.2) is 0 Å². The summed E-state index contributed by atoms with van der Waals surface area (Å²) >= 11 is 1.44. The molecule has 32 heavy (non-hydrogen) atoms. The van der Waals surface area contributed by atoms with Gasteiger partial charge in [-0.3, -0.25) is 4.79 Å². The van der Waals surface area contributed by atoms with Gasteiger partial charge in [0.2, 0.25) is 6.17 Å². The van der Waals surface area contributed by atoms with Crippen LogP contribution in [0.5, 0.6) is 0 Å². The number of nitrogens with zero attached hydrogens (tertiary/aromatic N) is 3. The lowest BCUT2D eigenvalue weighted by atomic mass is 10.1. The molecule has 164 valence electrons. The molecule has 0 fully saturated rings. The molecule has 0 spiro atoms. The number of thiazole rings is 1. The summed E-state index contributed by atoms with van der Waals surface area (Å²) in [4.78, 5) is 37.2. The van der Waals surface area contributed by atoms with Crippen LogP contribution in [-0.4, -0.2) is 35.3 Å². The van der Waals surface area contributed by atoms with Gasteiger partial charge in [-0.2, -0.15) is 0 Å². The first-order chi connectivity index (χ1) is 15.4. The predicted molar refractivity (Wildman–Crippen MR) is 129 cm³/mol. The number of aryl methyl sites for hydroxylation is 1. The number of benzene rings is 2. The summed E-state index contributed by atoms with van der Waals surface area (Å²) in [7, 11) is 0. The van der Waals surface area contributed by atoms with Crippen molar-refractivity contribution in [3.05, 3.63) is 76.2 Å². The Kier molecular flexibility index (Phi) is 6.32. The Morgan fingerprint density at radius 2 is 2.00 bits per heavy atom. The number of carbonyl (C=O) groups excluding carboxylic acids is 2. The molecule has 1 aliphatic rings. The van der Waals surface area contributed by atoms with Crippen molar-refractivity contribution in [1.29, 1.82) is 0 Å². The third kappa shape index (κ3) is 4.70. The Balaban J connectivity index is 1.71. The number of carbonyl (C=O) groups is 2. The Hall–Kier alpha value is -3.52. The van der Waals surface area contributed by atoms with Gasteiger partial charge in [0.05, 0.1) is 5.69 Å². The summed E-state index contributed by atoms with van der Waals surface area (Å²) < 4.78 is 0. The molecular weight excluding hydrogens is 422 g/mol. The van der Waals surface area contributed by atoms with Crippen molar-refractivity contribution < 1.29 is 9.59 Å². The average Bonchev–Trinajstić information content (AvgIpc) is 3.26. The molecule has 4 rings (SSSR count). The lowest BCUT2D eigenvalue weighted by molar-refractivity contribution is -0.120. The number of benzodiazepines with no additional fused rings is 1. The first-order valence-electron chi connectivity index (χ1n) is 10.4. The number of anilines is 2. The average molecular weight is 448 g/mol. The number of fused-ring (bicyclic) bond motifs is 1. The third-order valence-electron chi connectivity index (χ3n) is 4.93. The number of amides is 3. The lowest BCUT2D eigenvalue weighted by Gasteiger charge is -2.27. The highest BCUT2D eigenvalue weighted by Crippen LogP contribution is 2.29. The lowest BCUT2D eigenvalue weighted by Crippen LogP contribution is -2.49. The highest BCUT2D eigenvalue weighted by Gasteiger charge is 2.33. The van der Waals surface area contributed by atoms with Gasteiger partial charge in [0.1, 0.15) is 10.7 Å². The molecule has 2 aromatic carbocycles. The molecule has 8 heteroatoms. The van der Waals surface area contributed by atoms with E-state index in [0.717, 1.165) is 16.8 Å². The van der Waals surface area contributed by atoms with E-state index in [0.29, 0.717) is 23.0 Å². The summed E-state index contributed by atoms with van der Waals surface area (Å²) in [6, 6.07) is 14.6. The molecule has 2 N–H and O–H groups in total. The van der Waals surface area contributed by atoms with E-state index in [1.807, 2.05) is 54.8 Å². The molecule has 1 unspecified atom stereocenters. The van der Waals surface area contributed by atoms with Gasteiger partial charge in [-0.15, -0.1) is 11.3 Å². The van der Waals surface area contributed by atoms with Gasteiger partial charge in [-0.25, -0.2) is 14.8 Å². The number of rotatable bonds is 5. The predicted octanol–water partition coefficient (Wildman–Crippen LogP) is 4.44.